The number of carbonyl (C=O) groups is 2. The third-order valence-corrected chi connectivity index (χ3v) is 7.85. The number of likely N-dealkylation sites (tertiary alicyclic amines) is 1. The number of nitrogens with zero attached hydrogens (tertiary/aromatic N) is 5. The average Bonchev–Trinajstić information content (AvgIpc) is 2.91. The first-order valence-corrected chi connectivity index (χ1v) is 13.9. The molecule has 3 amide bonds. The van der Waals surface area contributed by atoms with Gasteiger partial charge in [-0.15, -0.1) is 0 Å². The number of rotatable bonds is 7. The van der Waals surface area contributed by atoms with Gasteiger partial charge in [0.15, 0.2) is 0 Å². The predicted octanol–water partition coefficient (Wildman–Crippen LogP) is 3.54. The van der Waals surface area contributed by atoms with E-state index in [1.54, 1.807) is 0 Å². The van der Waals surface area contributed by atoms with Crippen LogP contribution in [0.3, 0.4) is 0 Å². The van der Waals surface area contributed by atoms with E-state index in [4.69, 9.17) is 0 Å². The van der Waals surface area contributed by atoms with Crippen LogP contribution in [0.15, 0.2) is 24.3 Å². The van der Waals surface area contributed by atoms with Crippen molar-refractivity contribution in [3.8, 4) is 0 Å². The molecule has 3 aliphatic heterocycles. The third kappa shape index (κ3) is 7.12. The van der Waals surface area contributed by atoms with Gasteiger partial charge in [-0.2, -0.15) is 0 Å². The van der Waals surface area contributed by atoms with Gasteiger partial charge in [-0.05, 0) is 69.4 Å². The molecule has 4 rings (SSSR count). The summed E-state index contributed by atoms with van der Waals surface area (Å²) in [6, 6.07) is 9.20. The molecule has 0 unspecified atom stereocenters. The number of hydrogen-bond acceptors (Lipinski definition) is 4. The first kappa shape index (κ1) is 25.8. The smallest absolute Gasteiger partial charge is 0.320 e. The van der Waals surface area contributed by atoms with Crippen LogP contribution in [0.4, 0.5) is 10.5 Å². The second-order valence-corrected chi connectivity index (χ2v) is 10.7. The minimum atomic E-state index is 0.0174. The normalized spacial score (nSPS) is 20.0. The van der Waals surface area contributed by atoms with Crippen LogP contribution in [0.25, 0.3) is 0 Å². The lowest BCUT2D eigenvalue weighted by Crippen LogP contribution is -2.57. The number of benzene rings is 1. The molecule has 3 heterocycles. The number of carbonyl (C=O) groups excluding carboxylic acids is 2. The van der Waals surface area contributed by atoms with E-state index < -0.39 is 0 Å². The van der Waals surface area contributed by atoms with Crippen molar-refractivity contribution >= 4 is 17.6 Å². The highest BCUT2D eigenvalue weighted by Gasteiger charge is 2.29. The molecule has 1 aromatic carbocycles. The van der Waals surface area contributed by atoms with Crippen molar-refractivity contribution in [3.05, 3.63) is 29.8 Å². The largest absolute Gasteiger partial charge is 0.368 e. The Morgan fingerprint density at radius 1 is 0.714 bits per heavy atom. The summed E-state index contributed by atoms with van der Waals surface area (Å²) >= 11 is 0. The molecule has 0 aliphatic carbocycles. The quantitative estimate of drug-likeness (QED) is 0.557. The first-order chi connectivity index (χ1) is 17.0. The van der Waals surface area contributed by atoms with Crippen LogP contribution in [0.2, 0.25) is 0 Å². The maximum absolute atomic E-state index is 13.0. The van der Waals surface area contributed by atoms with E-state index in [2.05, 4.69) is 34.1 Å². The summed E-state index contributed by atoms with van der Waals surface area (Å²) in [5.41, 5.74) is 2.69. The number of anilines is 1. The van der Waals surface area contributed by atoms with Crippen LogP contribution in [0.1, 0.15) is 51.5 Å². The lowest BCUT2D eigenvalue weighted by Gasteiger charge is -2.41. The van der Waals surface area contributed by atoms with Crippen LogP contribution in [0.5, 0.6) is 0 Å². The molecular weight excluding hydrogens is 438 g/mol. The summed E-state index contributed by atoms with van der Waals surface area (Å²) in [6.07, 6.45) is 7.87. The van der Waals surface area contributed by atoms with Gasteiger partial charge in [-0.1, -0.05) is 32.4 Å². The zero-order valence-corrected chi connectivity index (χ0v) is 22.0. The zero-order valence-electron chi connectivity index (χ0n) is 22.0. The fourth-order valence-corrected chi connectivity index (χ4v) is 5.56. The lowest BCUT2D eigenvalue weighted by atomic mass is 10.1. The maximum Gasteiger partial charge on any atom is 0.320 e. The Balaban J connectivity index is 1.15. The number of piperazine rings is 2. The van der Waals surface area contributed by atoms with Gasteiger partial charge in [0, 0.05) is 64.0 Å². The Kier molecular flexibility index (Phi) is 9.30. The minimum Gasteiger partial charge on any atom is -0.368 e. The summed E-state index contributed by atoms with van der Waals surface area (Å²) in [4.78, 5) is 36.0. The number of aryl methyl sites for hydroxylation is 1. The van der Waals surface area contributed by atoms with Crippen molar-refractivity contribution in [1.82, 2.24) is 19.6 Å². The van der Waals surface area contributed by atoms with Gasteiger partial charge in [0.05, 0.1) is 0 Å². The van der Waals surface area contributed by atoms with Crippen molar-refractivity contribution in [2.75, 3.05) is 76.9 Å². The third-order valence-electron chi connectivity index (χ3n) is 7.85. The van der Waals surface area contributed by atoms with E-state index in [0.29, 0.717) is 26.2 Å². The number of amides is 3. The lowest BCUT2D eigenvalue weighted by molar-refractivity contribution is -0.135. The summed E-state index contributed by atoms with van der Waals surface area (Å²) in [6.45, 7) is 13.5. The molecule has 0 N–H and O–H groups in total. The van der Waals surface area contributed by atoms with Gasteiger partial charge in [-0.25, -0.2) is 4.79 Å². The molecule has 194 valence electrons. The summed E-state index contributed by atoms with van der Waals surface area (Å²) in [5.74, 6) is 0.206. The molecule has 3 saturated heterocycles. The van der Waals surface area contributed by atoms with Gasteiger partial charge in [0.25, 0.3) is 0 Å². The van der Waals surface area contributed by atoms with Crippen molar-refractivity contribution in [1.29, 1.82) is 0 Å². The van der Waals surface area contributed by atoms with Crippen LogP contribution < -0.4 is 4.90 Å². The Morgan fingerprint density at radius 2 is 1.29 bits per heavy atom. The fourth-order valence-electron chi connectivity index (χ4n) is 5.56. The van der Waals surface area contributed by atoms with Crippen molar-refractivity contribution in [2.24, 2.45) is 5.92 Å². The average molecular weight is 484 g/mol. The molecule has 3 aliphatic rings. The number of unbranched alkanes of at least 4 members (excludes halogenated alkanes) is 1. The molecule has 0 bridgehead atoms. The molecule has 0 atom stereocenters. The molecule has 1 aromatic rings. The first-order valence-electron chi connectivity index (χ1n) is 13.9. The SMILES string of the molecule is CC(C)C(=O)N1CCN(C(=O)N2CCN(c3ccc(CCCCN4CCCCC4)cc3)CC2)CC1. The highest BCUT2D eigenvalue weighted by Crippen LogP contribution is 2.20. The van der Waals surface area contributed by atoms with E-state index in [0.717, 1.165) is 32.6 Å². The van der Waals surface area contributed by atoms with Crippen LogP contribution in [-0.4, -0.2) is 104 Å². The van der Waals surface area contributed by atoms with Gasteiger partial charge in [0.2, 0.25) is 5.91 Å². The molecular formula is C28H45N5O2. The number of piperidine rings is 1. The summed E-state index contributed by atoms with van der Waals surface area (Å²) in [7, 11) is 0. The van der Waals surface area contributed by atoms with Gasteiger partial charge >= 0.3 is 6.03 Å². The predicted molar refractivity (Wildman–Crippen MR) is 142 cm³/mol. The molecule has 3 fully saturated rings. The molecule has 0 spiro atoms. The highest BCUT2D eigenvalue weighted by atomic mass is 16.2. The second kappa shape index (κ2) is 12.6. The highest BCUT2D eigenvalue weighted by molar-refractivity contribution is 5.79. The van der Waals surface area contributed by atoms with Gasteiger partial charge < -0.3 is 24.5 Å². The molecule has 7 nitrogen and oxygen atoms in total. The van der Waals surface area contributed by atoms with Crippen molar-refractivity contribution < 1.29 is 9.59 Å². The molecule has 35 heavy (non-hydrogen) atoms. The standard InChI is InChI=1S/C28H45N5O2/c1-24(2)27(34)31-18-22-33(23-19-31)28(35)32-20-16-30(17-21-32)26-11-9-25(10-12-26)8-4-7-15-29-13-5-3-6-14-29/h9-12,24H,3-8,13-23H2,1-2H3. The van der Waals surface area contributed by atoms with Crippen LogP contribution >= 0.6 is 0 Å². The van der Waals surface area contributed by atoms with E-state index in [9.17, 15) is 9.59 Å². The molecule has 0 aromatic heterocycles. The molecule has 0 radical (unpaired) electrons. The van der Waals surface area contributed by atoms with Crippen molar-refractivity contribution in [3.63, 3.8) is 0 Å². The maximum atomic E-state index is 13.0. The monoisotopic (exact) mass is 483 g/mol. The Labute approximate surface area is 212 Å². The van der Waals surface area contributed by atoms with Gasteiger partial charge in [0.1, 0.15) is 0 Å². The summed E-state index contributed by atoms with van der Waals surface area (Å²) in [5, 5.41) is 0. The summed E-state index contributed by atoms with van der Waals surface area (Å²) < 4.78 is 0. The van der Waals surface area contributed by atoms with E-state index in [-0.39, 0.29) is 17.9 Å². The Morgan fingerprint density at radius 3 is 1.89 bits per heavy atom. The van der Waals surface area contributed by atoms with Crippen molar-refractivity contribution in [2.45, 2.75) is 52.4 Å². The number of urea groups is 1. The Hall–Kier alpha value is -2.28. The fraction of sp³-hybridized carbons (Fsp3) is 0.714. The molecule has 7 heteroatoms. The van der Waals surface area contributed by atoms with Crippen LogP contribution in [-0.2, 0) is 11.2 Å². The van der Waals surface area contributed by atoms with Gasteiger partial charge in [-0.3, -0.25) is 4.79 Å². The van der Waals surface area contributed by atoms with E-state index in [1.807, 2.05) is 28.5 Å². The number of hydrogen-bond donors (Lipinski definition) is 0. The van der Waals surface area contributed by atoms with E-state index >= 15 is 0 Å². The second-order valence-electron chi connectivity index (χ2n) is 10.7. The Bertz CT molecular complexity index is 805. The van der Waals surface area contributed by atoms with Crippen LogP contribution in [0, 0.1) is 5.92 Å². The zero-order chi connectivity index (χ0) is 24.6. The minimum absolute atomic E-state index is 0.0174. The molecule has 0 saturated carbocycles. The topological polar surface area (TPSA) is 50.3 Å². The van der Waals surface area contributed by atoms with E-state index in [1.165, 1.54) is 63.0 Å².